The van der Waals surface area contributed by atoms with Gasteiger partial charge in [0.15, 0.2) is 0 Å². The zero-order chi connectivity index (χ0) is 22.6. The highest BCUT2D eigenvalue weighted by atomic mass is 35.5. The van der Waals surface area contributed by atoms with E-state index in [0.717, 1.165) is 51.2 Å². The van der Waals surface area contributed by atoms with Crippen molar-refractivity contribution < 1.29 is 19.4 Å². The molecule has 35 heavy (non-hydrogen) atoms. The number of halogens is 2. The second-order valence-corrected chi connectivity index (χ2v) is 9.25. The molecule has 3 aliphatic heterocycles. The third-order valence-electron chi connectivity index (χ3n) is 6.75. The van der Waals surface area contributed by atoms with Crippen molar-refractivity contribution in [2.45, 2.75) is 38.0 Å². The maximum Gasteiger partial charge on any atom is 0.257 e. The number of hydrogen-bond acceptors (Lipinski definition) is 6. The van der Waals surface area contributed by atoms with Crippen LogP contribution in [0.2, 0.25) is 0 Å². The number of amides is 1. The summed E-state index contributed by atoms with van der Waals surface area (Å²) in [5, 5.41) is 14.1. The van der Waals surface area contributed by atoms with Crippen molar-refractivity contribution >= 4 is 30.7 Å². The van der Waals surface area contributed by atoms with Crippen molar-refractivity contribution in [2.24, 2.45) is 0 Å². The quantitative estimate of drug-likeness (QED) is 0.606. The summed E-state index contributed by atoms with van der Waals surface area (Å²) in [6, 6.07) is 13.9. The fourth-order valence-corrected chi connectivity index (χ4v) is 5.02. The molecule has 1 fully saturated rings. The SMILES string of the molecule is Cl.Cl.O=C1c2ccc(OC3CCCNC3)cc2OCCN1C[C@H](O)CN1CCc2ccccc2C1. The molecule has 2 aromatic carbocycles. The highest BCUT2D eigenvalue weighted by Crippen LogP contribution is 2.29. The number of β-amino-alcohol motifs (C(OH)–C–C–N with tert-alkyl or cyclic N) is 1. The molecule has 0 radical (unpaired) electrons. The molecule has 0 spiro atoms. The van der Waals surface area contributed by atoms with Crippen LogP contribution in [0.5, 0.6) is 11.5 Å². The Hall–Kier alpha value is -2.03. The van der Waals surface area contributed by atoms with Crippen molar-refractivity contribution in [3.8, 4) is 11.5 Å². The van der Waals surface area contributed by atoms with E-state index in [2.05, 4.69) is 34.5 Å². The van der Waals surface area contributed by atoms with Gasteiger partial charge in [0.25, 0.3) is 5.91 Å². The summed E-state index contributed by atoms with van der Waals surface area (Å²) in [7, 11) is 0. The van der Waals surface area contributed by atoms with E-state index in [9.17, 15) is 9.90 Å². The van der Waals surface area contributed by atoms with Crippen LogP contribution in [0, 0.1) is 0 Å². The van der Waals surface area contributed by atoms with Gasteiger partial charge < -0.3 is 24.8 Å². The minimum absolute atomic E-state index is 0. The molecule has 1 saturated heterocycles. The molecule has 2 aromatic rings. The summed E-state index contributed by atoms with van der Waals surface area (Å²) < 4.78 is 12.0. The smallest absolute Gasteiger partial charge is 0.257 e. The van der Waals surface area contributed by atoms with Gasteiger partial charge in [-0.05, 0) is 49.1 Å². The van der Waals surface area contributed by atoms with Crippen molar-refractivity contribution in [3.05, 3.63) is 59.2 Å². The van der Waals surface area contributed by atoms with Crippen LogP contribution >= 0.6 is 24.8 Å². The molecule has 9 heteroatoms. The van der Waals surface area contributed by atoms with Gasteiger partial charge in [-0.2, -0.15) is 0 Å². The molecule has 0 saturated carbocycles. The van der Waals surface area contributed by atoms with E-state index >= 15 is 0 Å². The molecule has 5 rings (SSSR count). The lowest BCUT2D eigenvalue weighted by Crippen LogP contribution is -2.44. The molecule has 3 heterocycles. The number of ether oxygens (including phenoxy) is 2. The van der Waals surface area contributed by atoms with Gasteiger partial charge in [0.05, 0.1) is 18.2 Å². The van der Waals surface area contributed by atoms with E-state index in [4.69, 9.17) is 9.47 Å². The standard InChI is InChI=1S/C26H33N3O4.2ClH/c30-21(17-28-11-9-19-4-1-2-5-20(19)16-28)18-29-12-13-32-25-14-22(7-8-24(25)26(29)31)33-23-6-3-10-27-15-23;;/h1-2,4-5,7-8,14,21,23,27,30H,3,6,9-13,15-18H2;2*1H/t21-,23?;;/m1../s1. The van der Waals surface area contributed by atoms with Crippen molar-refractivity contribution in [1.82, 2.24) is 15.1 Å². The third kappa shape index (κ3) is 6.80. The normalized spacial score (nSPS) is 20.8. The van der Waals surface area contributed by atoms with Crippen LogP contribution in [0.1, 0.15) is 34.3 Å². The van der Waals surface area contributed by atoms with Gasteiger partial charge in [-0.15, -0.1) is 24.8 Å². The molecule has 7 nitrogen and oxygen atoms in total. The number of hydrogen-bond donors (Lipinski definition) is 2. The van der Waals surface area contributed by atoms with Gasteiger partial charge in [0, 0.05) is 38.8 Å². The molecular formula is C26H35Cl2N3O4. The highest BCUT2D eigenvalue weighted by molar-refractivity contribution is 5.97. The highest BCUT2D eigenvalue weighted by Gasteiger charge is 2.27. The molecule has 192 valence electrons. The Morgan fingerprint density at radius 2 is 1.94 bits per heavy atom. The number of carbonyl (C=O) groups is 1. The van der Waals surface area contributed by atoms with Crippen LogP contribution in [0.15, 0.2) is 42.5 Å². The number of nitrogens with one attached hydrogen (secondary N) is 1. The van der Waals surface area contributed by atoms with E-state index in [1.165, 1.54) is 11.1 Å². The molecule has 1 amide bonds. The molecule has 3 aliphatic rings. The van der Waals surface area contributed by atoms with Crippen molar-refractivity contribution in [3.63, 3.8) is 0 Å². The summed E-state index contributed by atoms with van der Waals surface area (Å²) in [6.45, 7) is 5.34. The lowest BCUT2D eigenvalue weighted by Gasteiger charge is -2.32. The van der Waals surface area contributed by atoms with E-state index < -0.39 is 6.10 Å². The first-order valence-corrected chi connectivity index (χ1v) is 12.1. The fraction of sp³-hybridized carbons (Fsp3) is 0.500. The van der Waals surface area contributed by atoms with Gasteiger partial charge in [0.2, 0.25) is 0 Å². The molecule has 0 bridgehead atoms. The molecule has 0 aromatic heterocycles. The monoisotopic (exact) mass is 523 g/mol. The largest absolute Gasteiger partial charge is 0.491 e. The maximum absolute atomic E-state index is 13.2. The minimum atomic E-state index is -0.609. The van der Waals surface area contributed by atoms with Gasteiger partial charge in [-0.1, -0.05) is 24.3 Å². The number of rotatable bonds is 6. The van der Waals surface area contributed by atoms with Crippen LogP contribution in [0.25, 0.3) is 0 Å². The van der Waals surface area contributed by atoms with E-state index in [-0.39, 0.29) is 36.8 Å². The van der Waals surface area contributed by atoms with Crippen LogP contribution in [0.4, 0.5) is 0 Å². The Bertz CT molecular complexity index is 987. The topological polar surface area (TPSA) is 74.3 Å². The number of benzene rings is 2. The van der Waals surface area contributed by atoms with Crippen LogP contribution < -0.4 is 14.8 Å². The Kier molecular flexibility index (Phi) is 10.1. The Morgan fingerprint density at radius 3 is 2.74 bits per heavy atom. The van der Waals surface area contributed by atoms with Gasteiger partial charge in [0.1, 0.15) is 24.2 Å². The predicted molar refractivity (Wildman–Crippen MR) is 140 cm³/mol. The zero-order valence-electron chi connectivity index (χ0n) is 19.9. The molecule has 2 atom stereocenters. The summed E-state index contributed by atoms with van der Waals surface area (Å²) >= 11 is 0. The first-order chi connectivity index (χ1) is 16.2. The number of fused-ring (bicyclic) bond motifs is 2. The predicted octanol–water partition coefficient (Wildman–Crippen LogP) is 2.91. The molecule has 0 aliphatic carbocycles. The summed E-state index contributed by atoms with van der Waals surface area (Å²) in [5.74, 6) is 1.19. The van der Waals surface area contributed by atoms with Gasteiger partial charge in [-0.3, -0.25) is 9.69 Å². The fourth-order valence-electron chi connectivity index (χ4n) is 5.02. The Balaban J connectivity index is 0.00000171. The summed E-state index contributed by atoms with van der Waals surface area (Å²) in [6.07, 6.45) is 2.66. The molecule has 1 unspecified atom stereocenters. The average Bonchev–Trinajstić information content (AvgIpc) is 2.98. The lowest BCUT2D eigenvalue weighted by molar-refractivity contribution is 0.0501. The van der Waals surface area contributed by atoms with Gasteiger partial charge in [-0.25, -0.2) is 0 Å². The summed E-state index contributed by atoms with van der Waals surface area (Å²) in [4.78, 5) is 17.2. The van der Waals surface area contributed by atoms with Crippen LogP contribution in [0.3, 0.4) is 0 Å². The second-order valence-electron chi connectivity index (χ2n) is 9.25. The Labute approximate surface area is 219 Å². The number of piperidine rings is 1. The van der Waals surface area contributed by atoms with E-state index in [1.807, 2.05) is 12.1 Å². The average molecular weight is 524 g/mol. The second kappa shape index (κ2) is 12.8. The van der Waals surface area contributed by atoms with Crippen molar-refractivity contribution in [1.29, 1.82) is 0 Å². The van der Waals surface area contributed by atoms with Crippen LogP contribution in [-0.2, 0) is 13.0 Å². The lowest BCUT2D eigenvalue weighted by atomic mass is 10.00. The van der Waals surface area contributed by atoms with E-state index in [1.54, 1.807) is 11.0 Å². The first-order valence-electron chi connectivity index (χ1n) is 12.1. The number of aliphatic hydroxyl groups excluding tert-OH is 1. The number of carbonyl (C=O) groups excluding carboxylic acids is 1. The maximum atomic E-state index is 13.2. The number of nitrogens with zero attached hydrogens (tertiary/aromatic N) is 2. The molecule has 2 N–H and O–H groups in total. The zero-order valence-corrected chi connectivity index (χ0v) is 21.5. The minimum Gasteiger partial charge on any atom is -0.491 e. The van der Waals surface area contributed by atoms with Crippen LogP contribution in [-0.4, -0.2) is 78.9 Å². The number of aliphatic hydroxyl groups is 1. The van der Waals surface area contributed by atoms with Crippen molar-refractivity contribution in [2.75, 3.05) is 45.9 Å². The Morgan fingerprint density at radius 1 is 1.11 bits per heavy atom. The van der Waals surface area contributed by atoms with E-state index in [0.29, 0.717) is 37.6 Å². The third-order valence-corrected chi connectivity index (χ3v) is 6.75. The first kappa shape index (κ1) is 27.6. The summed E-state index contributed by atoms with van der Waals surface area (Å²) in [5.41, 5.74) is 3.25. The van der Waals surface area contributed by atoms with Gasteiger partial charge >= 0.3 is 0 Å². The molecular weight excluding hydrogens is 489 g/mol.